The van der Waals surface area contributed by atoms with Gasteiger partial charge in [-0.05, 0) is 132 Å². The predicted molar refractivity (Wildman–Crippen MR) is 294 cm³/mol. The lowest BCUT2D eigenvalue weighted by Gasteiger charge is -2.58. The molecule has 9 heteroatoms. The lowest BCUT2D eigenvalue weighted by atomic mass is 9.73. The number of hydrogen-bond donors (Lipinski definition) is 1. The molecule has 0 aromatic carbocycles. The minimum Gasteiger partial charge on any atom is -0.353 e. The molecule has 0 spiro atoms. The fraction of sp³-hybridized carbons (Fsp3) is 0.947. The van der Waals surface area contributed by atoms with Gasteiger partial charge in [0.25, 0.3) is 0 Å². The molecule has 3 saturated heterocycles. The number of unbranched alkanes of at least 4 members (excludes halogenated alkanes) is 5. The molecular formula is C57H117N9. The number of nitrogens with one attached hydrogen (secondary N) is 1. The summed E-state index contributed by atoms with van der Waals surface area (Å²) in [6.07, 6.45) is 22.0. The number of anilines is 2. The quantitative estimate of drug-likeness (QED) is 0.116. The third-order valence-corrected chi connectivity index (χ3v) is 15.3. The average molecular weight is 929 g/mol. The van der Waals surface area contributed by atoms with E-state index in [2.05, 4.69) is 153 Å². The summed E-state index contributed by atoms with van der Waals surface area (Å²) in [6.45, 7) is 54.1. The zero-order valence-corrected chi connectivity index (χ0v) is 48.3. The predicted octanol–water partition coefficient (Wildman–Crippen LogP) is 14.4. The van der Waals surface area contributed by atoms with Crippen LogP contribution in [0.15, 0.2) is 0 Å². The van der Waals surface area contributed by atoms with Crippen molar-refractivity contribution in [3.8, 4) is 0 Å². The van der Waals surface area contributed by atoms with Crippen LogP contribution in [0.25, 0.3) is 0 Å². The molecule has 4 heterocycles. The van der Waals surface area contributed by atoms with Gasteiger partial charge in [-0.2, -0.15) is 15.0 Å². The van der Waals surface area contributed by atoms with Crippen LogP contribution in [-0.4, -0.2) is 129 Å². The van der Waals surface area contributed by atoms with E-state index in [9.17, 15) is 0 Å². The summed E-state index contributed by atoms with van der Waals surface area (Å²) in [6, 6.07) is 0.406. The molecule has 9 nitrogen and oxygen atoms in total. The second kappa shape index (κ2) is 31.6. The zero-order chi connectivity index (χ0) is 50.1. The number of likely N-dealkylation sites (N-methyl/N-ethyl adjacent to an activating group) is 1. The molecule has 0 amide bonds. The molecule has 2 unspecified atom stereocenters. The van der Waals surface area contributed by atoms with Crippen molar-refractivity contribution in [3.05, 3.63) is 5.82 Å². The Labute approximate surface area is 413 Å². The van der Waals surface area contributed by atoms with E-state index in [1.807, 2.05) is 20.8 Å². The maximum atomic E-state index is 5.02. The van der Waals surface area contributed by atoms with Crippen molar-refractivity contribution in [1.82, 2.24) is 34.6 Å². The number of hydrogen-bond acceptors (Lipinski definition) is 9. The number of nitrogens with zero attached hydrogens (tertiary/aromatic N) is 8. The van der Waals surface area contributed by atoms with Gasteiger partial charge < -0.3 is 15.1 Å². The van der Waals surface area contributed by atoms with Gasteiger partial charge in [0.15, 0.2) is 0 Å². The lowest BCUT2D eigenvalue weighted by molar-refractivity contribution is -0.0584. The van der Waals surface area contributed by atoms with Gasteiger partial charge in [0, 0.05) is 87.1 Å². The Bertz CT molecular complexity index is 1330. The first-order valence-electron chi connectivity index (χ1n) is 28.3. The van der Waals surface area contributed by atoms with Gasteiger partial charge in [0.05, 0.1) is 0 Å². The number of piperazine rings is 1. The van der Waals surface area contributed by atoms with E-state index < -0.39 is 0 Å². The fourth-order valence-electron chi connectivity index (χ4n) is 11.8. The van der Waals surface area contributed by atoms with Crippen molar-refractivity contribution in [3.63, 3.8) is 0 Å². The molecular weight excluding hydrogens is 811 g/mol. The van der Waals surface area contributed by atoms with Crippen LogP contribution < -0.4 is 10.2 Å². The summed E-state index contributed by atoms with van der Waals surface area (Å²) >= 11 is 0. The fourth-order valence-corrected chi connectivity index (χ4v) is 11.8. The monoisotopic (exact) mass is 928 g/mol. The highest BCUT2D eigenvalue weighted by atomic mass is 15.3. The first-order valence-corrected chi connectivity index (χ1v) is 28.3. The topological polar surface area (TPSA) is 66.9 Å². The van der Waals surface area contributed by atoms with Gasteiger partial charge in [0.2, 0.25) is 11.9 Å². The summed E-state index contributed by atoms with van der Waals surface area (Å²) in [5.74, 6) is 4.88. The highest BCUT2D eigenvalue weighted by Gasteiger charge is 2.48. The Kier molecular flexibility index (Phi) is 29.9. The van der Waals surface area contributed by atoms with Crippen LogP contribution in [0.4, 0.5) is 11.9 Å². The molecule has 1 aromatic heterocycles. The Morgan fingerprint density at radius 1 is 0.606 bits per heavy atom. The van der Waals surface area contributed by atoms with Crippen LogP contribution in [0.1, 0.15) is 240 Å². The van der Waals surface area contributed by atoms with Gasteiger partial charge in [-0.1, -0.05) is 133 Å². The molecule has 2 atom stereocenters. The highest BCUT2D eigenvalue weighted by molar-refractivity contribution is 5.39. The maximum Gasteiger partial charge on any atom is 0.230 e. The Morgan fingerprint density at radius 2 is 1.05 bits per heavy atom. The number of piperidine rings is 2. The van der Waals surface area contributed by atoms with Gasteiger partial charge in [-0.25, -0.2) is 0 Å². The molecule has 3 aliphatic heterocycles. The van der Waals surface area contributed by atoms with Crippen LogP contribution in [0.3, 0.4) is 0 Å². The first kappa shape index (κ1) is 62.5. The lowest BCUT2D eigenvalue weighted by Crippen LogP contribution is -2.65. The average Bonchev–Trinajstić information content (AvgIpc) is 3.24. The molecule has 1 N–H and O–H groups in total. The van der Waals surface area contributed by atoms with Crippen LogP contribution >= 0.6 is 0 Å². The van der Waals surface area contributed by atoms with Crippen molar-refractivity contribution in [2.24, 2.45) is 17.8 Å². The Balaban J connectivity index is 0.000000693. The van der Waals surface area contributed by atoms with Crippen LogP contribution in [-0.2, 0) is 0 Å². The standard InChI is InChI=1S/C32H62N8.C18H37N.C5H12.C2H6/c1-10-13-15-27(12-3)25-40-31(5,6)23-28(24-32(40,7)8)39(17-14-11-2)30-35-26(4)34-29(36-30)33-16-18-38-21-19-37(9)20-22-38;1-8-10-11-16(9-2)14-19-17(4,5)12-15(3)13-18(19,6)7;1-3-5-4-2;1-2/h27-28H,10-25H2,1-9H3,(H,33,34,35,36);15-16H,8-14H2,1-7H3;3-5H2,1-2H3;1-2H3. The SMILES string of the molecule is CC.CCCCC.CCCCC(CC)CN1C(C)(C)CC(C)CC1(C)C.CCCCC(CC)CN1C(C)(C)CC(N(CCCC)c2nc(C)nc(NCCN3CCN(C)CC3)n2)CC1(C)C. The number of rotatable bonds is 23. The smallest absolute Gasteiger partial charge is 0.230 e. The third kappa shape index (κ3) is 21.6. The van der Waals surface area contributed by atoms with Gasteiger partial charge in [0.1, 0.15) is 5.82 Å². The molecule has 3 aliphatic rings. The van der Waals surface area contributed by atoms with E-state index in [1.54, 1.807) is 0 Å². The molecule has 0 radical (unpaired) electrons. The summed E-state index contributed by atoms with van der Waals surface area (Å²) in [7, 11) is 2.20. The minimum absolute atomic E-state index is 0.113. The zero-order valence-electron chi connectivity index (χ0n) is 48.3. The minimum atomic E-state index is 0.113. The Morgan fingerprint density at radius 3 is 1.45 bits per heavy atom. The summed E-state index contributed by atoms with van der Waals surface area (Å²) in [5.41, 5.74) is 0.950. The van der Waals surface area contributed by atoms with Gasteiger partial charge >= 0.3 is 0 Å². The molecule has 0 saturated carbocycles. The largest absolute Gasteiger partial charge is 0.353 e. The van der Waals surface area contributed by atoms with Crippen molar-refractivity contribution in [2.75, 3.05) is 76.2 Å². The summed E-state index contributed by atoms with van der Waals surface area (Å²) in [5, 5.41) is 3.53. The van der Waals surface area contributed by atoms with E-state index >= 15 is 0 Å². The molecule has 0 bridgehead atoms. The van der Waals surface area contributed by atoms with Crippen molar-refractivity contribution < 1.29 is 0 Å². The highest BCUT2D eigenvalue weighted by Crippen LogP contribution is 2.43. The molecule has 3 fully saturated rings. The molecule has 1 aromatic rings. The normalized spacial score (nSPS) is 21.0. The van der Waals surface area contributed by atoms with E-state index in [1.165, 1.54) is 96.6 Å². The molecule has 4 rings (SSSR count). The van der Waals surface area contributed by atoms with Crippen LogP contribution in [0.2, 0.25) is 0 Å². The number of aromatic nitrogens is 3. The second-order valence-electron chi connectivity index (χ2n) is 23.4. The Hall–Kier alpha value is -1.55. The molecule has 66 heavy (non-hydrogen) atoms. The van der Waals surface area contributed by atoms with Crippen molar-refractivity contribution in [2.45, 2.75) is 269 Å². The van der Waals surface area contributed by atoms with E-state index in [-0.39, 0.29) is 11.1 Å². The summed E-state index contributed by atoms with van der Waals surface area (Å²) < 4.78 is 0. The van der Waals surface area contributed by atoms with Gasteiger partial charge in [-0.15, -0.1) is 0 Å². The third-order valence-electron chi connectivity index (χ3n) is 15.3. The molecule has 0 aliphatic carbocycles. The van der Waals surface area contributed by atoms with Gasteiger partial charge in [-0.3, -0.25) is 14.7 Å². The van der Waals surface area contributed by atoms with E-state index in [0.29, 0.717) is 17.1 Å². The van der Waals surface area contributed by atoms with Crippen molar-refractivity contribution in [1.29, 1.82) is 0 Å². The number of likely N-dealkylation sites (tertiary alicyclic amines) is 2. The summed E-state index contributed by atoms with van der Waals surface area (Å²) in [4.78, 5) is 27.7. The second-order valence-corrected chi connectivity index (χ2v) is 23.4. The number of aryl methyl sites for hydroxylation is 1. The first-order chi connectivity index (χ1) is 31.1. The van der Waals surface area contributed by atoms with E-state index in [4.69, 9.17) is 9.97 Å². The van der Waals surface area contributed by atoms with Crippen molar-refractivity contribution >= 4 is 11.9 Å². The van der Waals surface area contributed by atoms with Crippen LogP contribution in [0, 0.1) is 24.7 Å². The van der Waals surface area contributed by atoms with E-state index in [0.717, 1.165) is 107 Å². The van der Waals surface area contributed by atoms with Crippen LogP contribution in [0.5, 0.6) is 0 Å². The molecule has 390 valence electrons. The maximum absolute atomic E-state index is 5.02.